The van der Waals surface area contributed by atoms with E-state index in [-0.39, 0.29) is 30.3 Å². The lowest BCUT2D eigenvalue weighted by atomic mass is 9.84. The Morgan fingerprint density at radius 1 is 1.20 bits per heavy atom. The van der Waals surface area contributed by atoms with Gasteiger partial charge in [0.15, 0.2) is 0 Å². The standard InChI is InChI=1S/C13H21N3O4/c14-9(17)2-1-5-15-13(20)16-11-8-4-3-7(6-8)10(11)12(18)19/h7-8,10-11H,1-6H2,(H2,14,17)(H,18,19)(H2,15,16,20). The summed E-state index contributed by atoms with van der Waals surface area (Å²) in [5, 5.41) is 14.7. The van der Waals surface area contributed by atoms with Gasteiger partial charge in [-0.15, -0.1) is 0 Å². The summed E-state index contributed by atoms with van der Waals surface area (Å²) in [5.41, 5.74) is 5.00. The van der Waals surface area contributed by atoms with E-state index in [1.807, 2.05) is 0 Å². The Bertz CT molecular complexity index is 412. The zero-order valence-corrected chi connectivity index (χ0v) is 11.3. The van der Waals surface area contributed by atoms with Crippen molar-refractivity contribution in [3.8, 4) is 0 Å². The van der Waals surface area contributed by atoms with Gasteiger partial charge in [-0.2, -0.15) is 0 Å². The molecule has 0 spiro atoms. The van der Waals surface area contributed by atoms with Crippen LogP contribution < -0.4 is 16.4 Å². The summed E-state index contributed by atoms with van der Waals surface area (Å²) in [5.74, 6) is -1.22. The van der Waals surface area contributed by atoms with E-state index in [0.717, 1.165) is 19.3 Å². The fourth-order valence-corrected chi connectivity index (χ4v) is 3.52. The van der Waals surface area contributed by atoms with Crippen molar-refractivity contribution in [1.29, 1.82) is 0 Å². The van der Waals surface area contributed by atoms with Crippen molar-refractivity contribution < 1.29 is 19.5 Å². The average molecular weight is 283 g/mol. The van der Waals surface area contributed by atoms with Crippen LogP contribution in [0.1, 0.15) is 32.1 Å². The molecule has 4 atom stereocenters. The highest BCUT2D eigenvalue weighted by molar-refractivity contribution is 5.77. The Balaban J connectivity index is 1.78. The minimum Gasteiger partial charge on any atom is -0.481 e. The Hall–Kier alpha value is -1.79. The fraction of sp³-hybridized carbons (Fsp3) is 0.769. The first-order valence-electron chi connectivity index (χ1n) is 7.04. The van der Waals surface area contributed by atoms with Gasteiger partial charge in [-0.3, -0.25) is 9.59 Å². The third kappa shape index (κ3) is 3.20. The molecule has 0 aromatic rings. The molecule has 3 amide bonds. The number of fused-ring (bicyclic) bond motifs is 2. The quantitative estimate of drug-likeness (QED) is 0.514. The Labute approximate surface area is 117 Å². The predicted molar refractivity (Wildman–Crippen MR) is 70.7 cm³/mol. The molecule has 0 aliphatic heterocycles. The maximum Gasteiger partial charge on any atom is 0.315 e. The second-order valence-corrected chi connectivity index (χ2v) is 5.69. The monoisotopic (exact) mass is 283 g/mol. The lowest BCUT2D eigenvalue weighted by Crippen LogP contribution is -2.50. The Kier molecular flexibility index (Phi) is 4.46. The van der Waals surface area contributed by atoms with Crippen LogP contribution in [0.5, 0.6) is 0 Å². The van der Waals surface area contributed by atoms with E-state index in [2.05, 4.69) is 10.6 Å². The number of carbonyl (C=O) groups is 3. The normalized spacial score (nSPS) is 31.0. The number of carboxylic acids is 1. The number of carboxylic acid groups (broad SMARTS) is 1. The molecule has 0 aromatic carbocycles. The van der Waals surface area contributed by atoms with Crippen molar-refractivity contribution in [2.24, 2.45) is 23.5 Å². The second kappa shape index (κ2) is 6.11. The highest BCUT2D eigenvalue weighted by Gasteiger charge is 2.51. The van der Waals surface area contributed by atoms with E-state index < -0.39 is 17.8 Å². The maximum atomic E-state index is 11.8. The molecule has 7 nitrogen and oxygen atoms in total. The van der Waals surface area contributed by atoms with E-state index >= 15 is 0 Å². The van der Waals surface area contributed by atoms with Gasteiger partial charge in [0.05, 0.1) is 5.92 Å². The number of urea groups is 1. The van der Waals surface area contributed by atoms with Crippen LogP contribution in [0.2, 0.25) is 0 Å². The average Bonchev–Trinajstić information content (AvgIpc) is 2.94. The number of nitrogens with one attached hydrogen (secondary N) is 2. The number of primary amides is 1. The number of nitrogens with two attached hydrogens (primary N) is 1. The van der Waals surface area contributed by atoms with E-state index in [1.54, 1.807) is 0 Å². The third-order valence-electron chi connectivity index (χ3n) is 4.38. The van der Waals surface area contributed by atoms with Gasteiger partial charge in [-0.25, -0.2) is 4.79 Å². The van der Waals surface area contributed by atoms with Crippen molar-refractivity contribution in [3.05, 3.63) is 0 Å². The molecule has 2 aliphatic carbocycles. The number of aliphatic carboxylic acids is 1. The van der Waals surface area contributed by atoms with E-state index in [1.165, 1.54) is 0 Å². The number of amides is 3. The lowest BCUT2D eigenvalue weighted by molar-refractivity contribution is -0.144. The fourth-order valence-electron chi connectivity index (χ4n) is 3.52. The summed E-state index contributed by atoms with van der Waals surface area (Å²) >= 11 is 0. The lowest BCUT2D eigenvalue weighted by Gasteiger charge is -2.28. The van der Waals surface area contributed by atoms with Gasteiger partial charge < -0.3 is 21.5 Å². The minimum absolute atomic E-state index is 0.192. The SMILES string of the molecule is NC(=O)CCCNC(=O)NC1C2CCC(C2)C1C(=O)O. The predicted octanol–water partition coefficient (Wildman–Crippen LogP) is 0.0504. The van der Waals surface area contributed by atoms with Crippen LogP contribution in [0, 0.1) is 17.8 Å². The van der Waals surface area contributed by atoms with Gasteiger partial charge in [0.2, 0.25) is 5.91 Å². The maximum absolute atomic E-state index is 11.8. The molecule has 0 radical (unpaired) electrons. The van der Waals surface area contributed by atoms with Gasteiger partial charge in [0.1, 0.15) is 0 Å². The Morgan fingerprint density at radius 2 is 1.90 bits per heavy atom. The van der Waals surface area contributed by atoms with Crippen molar-refractivity contribution in [3.63, 3.8) is 0 Å². The van der Waals surface area contributed by atoms with E-state index in [4.69, 9.17) is 5.73 Å². The van der Waals surface area contributed by atoms with Gasteiger partial charge in [0.25, 0.3) is 0 Å². The van der Waals surface area contributed by atoms with Gasteiger partial charge in [0, 0.05) is 19.0 Å². The molecule has 7 heteroatoms. The molecule has 112 valence electrons. The first-order valence-corrected chi connectivity index (χ1v) is 7.04. The number of hydrogen-bond acceptors (Lipinski definition) is 3. The minimum atomic E-state index is -0.823. The topological polar surface area (TPSA) is 122 Å². The summed E-state index contributed by atoms with van der Waals surface area (Å²) in [6.07, 6.45) is 3.54. The Morgan fingerprint density at radius 3 is 2.55 bits per heavy atom. The number of hydrogen-bond donors (Lipinski definition) is 4. The molecule has 2 rings (SSSR count). The molecule has 0 aromatic heterocycles. The summed E-state index contributed by atoms with van der Waals surface area (Å²) in [6, 6.07) is -0.638. The van der Waals surface area contributed by atoms with Crippen LogP contribution in [0.15, 0.2) is 0 Å². The van der Waals surface area contributed by atoms with Gasteiger partial charge >= 0.3 is 12.0 Å². The van der Waals surface area contributed by atoms with Crippen molar-refractivity contribution >= 4 is 17.9 Å². The van der Waals surface area contributed by atoms with Crippen LogP contribution in [0.3, 0.4) is 0 Å². The van der Waals surface area contributed by atoms with Crippen molar-refractivity contribution in [2.45, 2.75) is 38.1 Å². The highest BCUT2D eigenvalue weighted by atomic mass is 16.4. The van der Waals surface area contributed by atoms with Crippen molar-refractivity contribution in [2.75, 3.05) is 6.54 Å². The molecule has 2 saturated carbocycles. The van der Waals surface area contributed by atoms with Crippen LogP contribution in [-0.2, 0) is 9.59 Å². The molecule has 2 fully saturated rings. The summed E-state index contributed by atoms with van der Waals surface area (Å²) in [4.78, 5) is 33.6. The van der Waals surface area contributed by atoms with E-state index in [9.17, 15) is 19.5 Å². The highest BCUT2D eigenvalue weighted by Crippen LogP contribution is 2.48. The van der Waals surface area contributed by atoms with Crippen LogP contribution in [-0.4, -0.2) is 35.6 Å². The summed E-state index contributed by atoms with van der Waals surface area (Å²) in [7, 11) is 0. The molecule has 5 N–H and O–H groups in total. The third-order valence-corrected chi connectivity index (χ3v) is 4.38. The smallest absolute Gasteiger partial charge is 0.315 e. The molecular formula is C13H21N3O4. The van der Waals surface area contributed by atoms with Gasteiger partial charge in [-0.1, -0.05) is 0 Å². The number of carbonyl (C=O) groups excluding carboxylic acids is 2. The zero-order chi connectivity index (χ0) is 14.7. The molecule has 2 aliphatic rings. The van der Waals surface area contributed by atoms with Gasteiger partial charge in [-0.05, 0) is 37.5 Å². The van der Waals surface area contributed by atoms with Crippen molar-refractivity contribution in [1.82, 2.24) is 10.6 Å². The number of rotatable bonds is 6. The molecule has 2 bridgehead atoms. The van der Waals surface area contributed by atoms with Crippen LogP contribution in [0.4, 0.5) is 4.79 Å². The summed E-state index contributed by atoms with van der Waals surface area (Å²) < 4.78 is 0. The first-order chi connectivity index (χ1) is 9.49. The molecule has 4 unspecified atom stereocenters. The largest absolute Gasteiger partial charge is 0.481 e. The second-order valence-electron chi connectivity index (χ2n) is 5.69. The molecule has 20 heavy (non-hydrogen) atoms. The molecule has 0 saturated heterocycles. The molecular weight excluding hydrogens is 262 g/mol. The molecule has 0 heterocycles. The van der Waals surface area contributed by atoms with Crippen LogP contribution >= 0.6 is 0 Å². The van der Waals surface area contributed by atoms with E-state index in [0.29, 0.717) is 13.0 Å². The first kappa shape index (κ1) is 14.6. The summed E-state index contributed by atoms with van der Waals surface area (Å²) in [6.45, 7) is 0.354. The van der Waals surface area contributed by atoms with Crippen LogP contribution in [0.25, 0.3) is 0 Å². The zero-order valence-electron chi connectivity index (χ0n) is 11.3.